The van der Waals surface area contributed by atoms with Crippen molar-refractivity contribution in [1.82, 2.24) is 15.5 Å². The van der Waals surface area contributed by atoms with Crippen molar-refractivity contribution in [3.8, 4) is 11.5 Å². The highest BCUT2D eigenvalue weighted by Crippen LogP contribution is 2.28. The van der Waals surface area contributed by atoms with Gasteiger partial charge in [-0.05, 0) is 30.5 Å². The Morgan fingerprint density at radius 1 is 1.09 bits per heavy atom. The second-order valence-electron chi connectivity index (χ2n) is 5.99. The quantitative estimate of drug-likeness (QED) is 0.805. The molecule has 1 aromatic rings. The smallest absolute Gasteiger partial charge is 0.322 e. The number of nitrogens with zero attached hydrogens (tertiary/aromatic N) is 1. The third-order valence-electron chi connectivity index (χ3n) is 4.54. The van der Waals surface area contributed by atoms with Gasteiger partial charge in [0, 0.05) is 25.7 Å². The summed E-state index contributed by atoms with van der Waals surface area (Å²) >= 11 is 0. The Morgan fingerprint density at radius 2 is 1.70 bits per heavy atom. The summed E-state index contributed by atoms with van der Waals surface area (Å²) in [5, 5.41) is 5.11. The molecule has 2 saturated heterocycles. The summed E-state index contributed by atoms with van der Waals surface area (Å²) < 4.78 is 10.6. The summed E-state index contributed by atoms with van der Waals surface area (Å²) in [6.07, 6.45) is 1.23. The number of amides is 3. The van der Waals surface area contributed by atoms with Gasteiger partial charge in [0.25, 0.3) is 5.91 Å². The first-order chi connectivity index (χ1) is 11.0. The molecular formula is C16H21N3O4. The van der Waals surface area contributed by atoms with Crippen LogP contribution >= 0.6 is 0 Å². The second-order valence-corrected chi connectivity index (χ2v) is 5.99. The molecule has 1 aromatic carbocycles. The number of likely N-dealkylation sites (tertiary alicyclic amines) is 1. The molecule has 3 rings (SSSR count). The molecule has 0 radical (unpaired) electrons. The molecule has 2 heterocycles. The summed E-state index contributed by atoms with van der Waals surface area (Å²) in [4.78, 5) is 25.6. The van der Waals surface area contributed by atoms with Crippen LogP contribution in [0.15, 0.2) is 18.2 Å². The van der Waals surface area contributed by atoms with Crippen LogP contribution in [0.25, 0.3) is 0 Å². The lowest BCUT2D eigenvalue weighted by Gasteiger charge is -2.37. The SMILES string of the molecule is COc1cc(CN2CCC3(CC2)NC(=O)NC3=O)cc(OC)c1. The maximum absolute atomic E-state index is 11.9. The Morgan fingerprint density at radius 3 is 2.17 bits per heavy atom. The first-order valence-electron chi connectivity index (χ1n) is 7.62. The van der Waals surface area contributed by atoms with Gasteiger partial charge in [0.2, 0.25) is 0 Å². The molecule has 1 spiro atoms. The minimum absolute atomic E-state index is 0.204. The van der Waals surface area contributed by atoms with Gasteiger partial charge in [-0.2, -0.15) is 0 Å². The molecule has 0 saturated carbocycles. The highest BCUT2D eigenvalue weighted by molar-refractivity contribution is 6.07. The van der Waals surface area contributed by atoms with E-state index in [1.54, 1.807) is 14.2 Å². The number of methoxy groups -OCH3 is 2. The molecule has 23 heavy (non-hydrogen) atoms. The number of carbonyl (C=O) groups excluding carboxylic acids is 2. The van der Waals surface area contributed by atoms with Crippen LogP contribution in [0, 0.1) is 0 Å². The average Bonchev–Trinajstić information content (AvgIpc) is 2.83. The van der Waals surface area contributed by atoms with E-state index in [0.717, 1.165) is 36.7 Å². The third-order valence-corrected chi connectivity index (χ3v) is 4.54. The lowest BCUT2D eigenvalue weighted by molar-refractivity contribution is -0.125. The van der Waals surface area contributed by atoms with Gasteiger partial charge in [0.05, 0.1) is 14.2 Å². The first-order valence-corrected chi connectivity index (χ1v) is 7.62. The van der Waals surface area contributed by atoms with Gasteiger partial charge < -0.3 is 14.8 Å². The predicted octanol–water partition coefficient (Wildman–Crippen LogP) is 0.878. The van der Waals surface area contributed by atoms with E-state index in [4.69, 9.17) is 9.47 Å². The van der Waals surface area contributed by atoms with Crippen LogP contribution in [0.1, 0.15) is 18.4 Å². The van der Waals surface area contributed by atoms with E-state index < -0.39 is 5.54 Å². The zero-order valence-corrected chi connectivity index (χ0v) is 13.3. The molecule has 7 heteroatoms. The van der Waals surface area contributed by atoms with Crippen molar-refractivity contribution in [3.05, 3.63) is 23.8 Å². The third kappa shape index (κ3) is 3.10. The molecule has 0 aromatic heterocycles. The van der Waals surface area contributed by atoms with Crippen LogP contribution < -0.4 is 20.1 Å². The van der Waals surface area contributed by atoms with Crippen LogP contribution in [0.2, 0.25) is 0 Å². The number of piperidine rings is 1. The van der Waals surface area contributed by atoms with Crippen molar-refractivity contribution in [2.75, 3.05) is 27.3 Å². The highest BCUT2D eigenvalue weighted by atomic mass is 16.5. The number of carbonyl (C=O) groups is 2. The van der Waals surface area contributed by atoms with E-state index in [0.29, 0.717) is 12.8 Å². The molecule has 3 amide bonds. The lowest BCUT2D eigenvalue weighted by Crippen LogP contribution is -2.54. The molecule has 2 fully saturated rings. The summed E-state index contributed by atoms with van der Waals surface area (Å²) in [5.74, 6) is 1.32. The molecule has 0 aliphatic carbocycles. The van der Waals surface area contributed by atoms with E-state index in [1.165, 1.54) is 0 Å². The number of hydrogen-bond acceptors (Lipinski definition) is 5. The monoisotopic (exact) mass is 319 g/mol. The minimum Gasteiger partial charge on any atom is -0.497 e. The number of urea groups is 1. The van der Waals surface area contributed by atoms with Crippen molar-refractivity contribution in [3.63, 3.8) is 0 Å². The largest absolute Gasteiger partial charge is 0.497 e. The van der Waals surface area contributed by atoms with Crippen molar-refractivity contribution in [2.45, 2.75) is 24.9 Å². The Balaban J connectivity index is 1.65. The topological polar surface area (TPSA) is 79.9 Å². The van der Waals surface area contributed by atoms with Crippen LogP contribution in [-0.2, 0) is 11.3 Å². The number of ether oxygens (including phenoxy) is 2. The number of benzene rings is 1. The van der Waals surface area contributed by atoms with Gasteiger partial charge >= 0.3 is 6.03 Å². The summed E-state index contributed by atoms with van der Waals surface area (Å²) in [5.41, 5.74) is 0.372. The van der Waals surface area contributed by atoms with Gasteiger partial charge in [-0.1, -0.05) is 0 Å². The number of imide groups is 1. The fraction of sp³-hybridized carbons (Fsp3) is 0.500. The minimum atomic E-state index is -0.723. The molecule has 0 bridgehead atoms. The van der Waals surface area contributed by atoms with Crippen molar-refractivity contribution < 1.29 is 19.1 Å². The zero-order valence-electron chi connectivity index (χ0n) is 13.3. The number of hydrogen-bond donors (Lipinski definition) is 2. The molecule has 2 aliphatic heterocycles. The van der Waals surface area contributed by atoms with Crippen LogP contribution in [0.4, 0.5) is 4.79 Å². The van der Waals surface area contributed by atoms with Crippen molar-refractivity contribution in [1.29, 1.82) is 0 Å². The van der Waals surface area contributed by atoms with E-state index >= 15 is 0 Å². The van der Waals surface area contributed by atoms with E-state index in [2.05, 4.69) is 15.5 Å². The number of rotatable bonds is 4. The zero-order chi connectivity index (χ0) is 16.4. The van der Waals surface area contributed by atoms with E-state index in [1.807, 2.05) is 18.2 Å². The number of nitrogens with one attached hydrogen (secondary N) is 2. The maximum atomic E-state index is 11.9. The predicted molar refractivity (Wildman–Crippen MR) is 83.5 cm³/mol. The molecular weight excluding hydrogens is 298 g/mol. The van der Waals surface area contributed by atoms with Gasteiger partial charge in [0.1, 0.15) is 17.0 Å². The van der Waals surface area contributed by atoms with Gasteiger partial charge in [-0.3, -0.25) is 15.0 Å². The van der Waals surface area contributed by atoms with Crippen molar-refractivity contribution in [2.24, 2.45) is 0 Å². The van der Waals surface area contributed by atoms with Crippen LogP contribution in [0.5, 0.6) is 11.5 Å². The Hall–Kier alpha value is -2.28. The van der Waals surface area contributed by atoms with E-state index in [-0.39, 0.29) is 11.9 Å². The van der Waals surface area contributed by atoms with Crippen LogP contribution in [0.3, 0.4) is 0 Å². The fourth-order valence-electron chi connectivity index (χ4n) is 3.19. The summed E-state index contributed by atoms with van der Waals surface area (Å²) in [6.45, 7) is 2.24. The van der Waals surface area contributed by atoms with E-state index in [9.17, 15) is 9.59 Å². The van der Waals surface area contributed by atoms with Gasteiger partial charge in [-0.25, -0.2) is 4.79 Å². The summed E-state index contributed by atoms with van der Waals surface area (Å²) in [7, 11) is 3.26. The first kappa shape index (κ1) is 15.6. The average molecular weight is 319 g/mol. The normalized spacial score (nSPS) is 20.3. The summed E-state index contributed by atoms with van der Waals surface area (Å²) in [6, 6.07) is 5.42. The maximum Gasteiger partial charge on any atom is 0.322 e. The molecule has 0 atom stereocenters. The lowest BCUT2D eigenvalue weighted by atomic mass is 9.87. The fourth-order valence-corrected chi connectivity index (χ4v) is 3.19. The molecule has 7 nitrogen and oxygen atoms in total. The standard InChI is InChI=1S/C16H21N3O4/c1-22-12-7-11(8-13(9-12)23-2)10-19-5-3-16(4-6-19)14(20)17-15(21)18-16/h7-9H,3-6,10H2,1-2H3,(H2,17,18,20,21). The second kappa shape index (κ2) is 6.08. The van der Waals surface area contributed by atoms with Gasteiger partial charge in [0.15, 0.2) is 0 Å². The molecule has 124 valence electrons. The highest BCUT2D eigenvalue weighted by Gasteiger charge is 2.47. The van der Waals surface area contributed by atoms with Crippen LogP contribution in [-0.4, -0.2) is 49.7 Å². The molecule has 2 aliphatic rings. The molecule has 0 unspecified atom stereocenters. The Labute approximate surface area is 134 Å². The van der Waals surface area contributed by atoms with Crippen molar-refractivity contribution >= 4 is 11.9 Å². The molecule has 2 N–H and O–H groups in total. The Bertz CT molecular complexity index is 602. The van der Waals surface area contributed by atoms with Gasteiger partial charge in [-0.15, -0.1) is 0 Å². The Kier molecular flexibility index (Phi) is 4.12.